The van der Waals surface area contributed by atoms with Crippen LogP contribution in [-0.2, 0) is 0 Å². The molecule has 1 atom stereocenters. The minimum Gasteiger partial charge on any atom is -0.387 e. The van der Waals surface area contributed by atoms with Crippen LogP contribution >= 0.6 is 0 Å². The van der Waals surface area contributed by atoms with Gasteiger partial charge in [0.05, 0.1) is 17.7 Å². The van der Waals surface area contributed by atoms with Gasteiger partial charge >= 0.3 is 0 Å². The minimum absolute atomic E-state index is 0.233. The highest BCUT2D eigenvalue weighted by molar-refractivity contribution is 5.75. The molecular formula is C11H14N4O. The molecule has 0 bridgehead atoms. The quantitative estimate of drug-likeness (QED) is 0.797. The van der Waals surface area contributed by atoms with E-state index in [1.165, 1.54) is 12.8 Å². The first-order chi connectivity index (χ1) is 7.79. The van der Waals surface area contributed by atoms with Gasteiger partial charge in [0.1, 0.15) is 5.52 Å². The Hall–Kier alpha value is -1.46. The summed E-state index contributed by atoms with van der Waals surface area (Å²) in [7, 11) is 0. The predicted molar refractivity (Wildman–Crippen MR) is 59.8 cm³/mol. The predicted octanol–water partition coefficient (Wildman–Crippen LogP) is 0.758. The lowest BCUT2D eigenvalue weighted by Gasteiger charge is -2.08. The molecule has 1 saturated carbocycles. The Bertz CT molecular complexity index is 518. The fourth-order valence-corrected chi connectivity index (χ4v) is 1.89. The van der Waals surface area contributed by atoms with Crippen molar-refractivity contribution in [3.8, 4) is 0 Å². The molecule has 1 aliphatic carbocycles. The largest absolute Gasteiger partial charge is 0.387 e. The molecule has 5 heteroatoms. The Morgan fingerprint density at radius 1 is 1.50 bits per heavy atom. The summed E-state index contributed by atoms with van der Waals surface area (Å²) < 4.78 is 1.95. The summed E-state index contributed by atoms with van der Waals surface area (Å²) in [5.74, 6) is 0. The third kappa shape index (κ3) is 1.48. The highest BCUT2D eigenvalue weighted by Gasteiger charge is 2.26. The van der Waals surface area contributed by atoms with Crippen molar-refractivity contribution < 1.29 is 5.11 Å². The molecule has 16 heavy (non-hydrogen) atoms. The summed E-state index contributed by atoms with van der Waals surface area (Å²) in [4.78, 5) is 0. The van der Waals surface area contributed by atoms with E-state index in [1.807, 2.05) is 22.9 Å². The first-order valence-electron chi connectivity index (χ1n) is 5.52. The Kier molecular flexibility index (Phi) is 2.15. The summed E-state index contributed by atoms with van der Waals surface area (Å²) in [6.45, 7) is 0.233. The molecule has 0 aliphatic heterocycles. The Labute approximate surface area is 92.9 Å². The lowest BCUT2D eigenvalue weighted by molar-refractivity contribution is 0.187. The average Bonchev–Trinajstić information content (AvgIpc) is 3.08. The Balaban J connectivity index is 2.10. The number of nitrogens with zero attached hydrogens (tertiary/aromatic N) is 3. The third-order valence-corrected chi connectivity index (χ3v) is 3.00. The molecule has 0 radical (unpaired) electrons. The average molecular weight is 218 g/mol. The van der Waals surface area contributed by atoms with Gasteiger partial charge in [0.2, 0.25) is 0 Å². The molecule has 3 rings (SSSR count). The molecule has 0 spiro atoms. The number of hydrogen-bond acceptors (Lipinski definition) is 4. The van der Waals surface area contributed by atoms with Crippen LogP contribution in [0.25, 0.3) is 11.0 Å². The zero-order valence-corrected chi connectivity index (χ0v) is 8.87. The molecule has 2 aromatic rings. The maximum atomic E-state index is 9.70. The van der Waals surface area contributed by atoms with E-state index in [0.717, 1.165) is 16.6 Å². The Morgan fingerprint density at radius 3 is 3.00 bits per heavy atom. The van der Waals surface area contributed by atoms with Crippen LogP contribution in [0.4, 0.5) is 0 Å². The molecule has 1 aliphatic rings. The van der Waals surface area contributed by atoms with E-state index in [-0.39, 0.29) is 6.54 Å². The lowest BCUT2D eigenvalue weighted by Crippen LogP contribution is -2.11. The van der Waals surface area contributed by atoms with Crippen molar-refractivity contribution in [1.82, 2.24) is 15.0 Å². The van der Waals surface area contributed by atoms with E-state index in [1.54, 1.807) is 0 Å². The molecule has 1 aromatic heterocycles. The van der Waals surface area contributed by atoms with Gasteiger partial charge in [-0.2, -0.15) is 0 Å². The third-order valence-electron chi connectivity index (χ3n) is 3.00. The van der Waals surface area contributed by atoms with Gasteiger partial charge in [-0.3, -0.25) is 0 Å². The fraction of sp³-hybridized carbons (Fsp3) is 0.455. The number of hydrogen-bond donors (Lipinski definition) is 2. The molecule has 0 saturated heterocycles. The lowest BCUT2D eigenvalue weighted by atomic mass is 10.1. The molecular weight excluding hydrogens is 204 g/mol. The van der Waals surface area contributed by atoms with E-state index in [0.29, 0.717) is 6.04 Å². The molecule has 1 fully saturated rings. The number of benzene rings is 1. The fourth-order valence-electron chi connectivity index (χ4n) is 1.89. The van der Waals surface area contributed by atoms with Crippen LogP contribution in [0.2, 0.25) is 0 Å². The number of rotatable bonds is 3. The zero-order valence-electron chi connectivity index (χ0n) is 8.87. The molecule has 3 N–H and O–H groups in total. The molecule has 0 amide bonds. The van der Waals surface area contributed by atoms with Crippen molar-refractivity contribution in [3.63, 3.8) is 0 Å². The van der Waals surface area contributed by atoms with E-state index in [2.05, 4.69) is 10.3 Å². The number of nitrogens with two attached hydrogens (primary N) is 1. The Morgan fingerprint density at radius 2 is 2.31 bits per heavy atom. The van der Waals surface area contributed by atoms with E-state index in [4.69, 9.17) is 5.73 Å². The zero-order chi connectivity index (χ0) is 11.1. The summed E-state index contributed by atoms with van der Waals surface area (Å²) in [5.41, 5.74) is 8.15. The van der Waals surface area contributed by atoms with Crippen molar-refractivity contribution >= 4 is 11.0 Å². The van der Waals surface area contributed by atoms with Crippen molar-refractivity contribution in [2.75, 3.05) is 6.54 Å². The van der Waals surface area contributed by atoms with Crippen molar-refractivity contribution in [1.29, 1.82) is 0 Å². The maximum Gasteiger partial charge on any atom is 0.113 e. The SMILES string of the molecule is NCC(O)c1ccc2nnn(C3CC3)c2c1. The van der Waals surface area contributed by atoms with Crippen molar-refractivity contribution in [2.24, 2.45) is 5.73 Å². The van der Waals surface area contributed by atoms with Gasteiger partial charge in [0.15, 0.2) is 0 Å². The highest BCUT2D eigenvalue weighted by atomic mass is 16.3. The van der Waals surface area contributed by atoms with Crippen molar-refractivity contribution in [2.45, 2.75) is 25.0 Å². The molecule has 1 unspecified atom stereocenters. The summed E-state index contributed by atoms with van der Waals surface area (Å²) >= 11 is 0. The second-order valence-electron chi connectivity index (χ2n) is 4.26. The van der Waals surface area contributed by atoms with Crippen LogP contribution in [0.3, 0.4) is 0 Å². The maximum absolute atomic E-state index is 9.70. The van der Waals surface area contributed by atoms with Gasteiger partial charge in [-0.05, 0) is 30.5 Å². The van der Waals surface area contributed by atoms with Gasteiger partial charge in [-0.15, -0.1) is 5.10 Å². The number of aromatic nitrogens is 3. The van der Waals surface area contributed by atoms with Crippen LogP contribution in [0, 0.1) is 0 Å². The van der Waals surface area contributed by atoms with Crippen LogP contribution in [0.15, 0.2) is 18.2 Å². The normalized spacial score (nSPS) is 17.9. The van der Waals surface area contributed by atoms with Gasteiger partial charge < -0.3 is 10.8 Å². The van der Waals surface area contributed by atoms with E-state index in [9.17, 15) is 5.11 Å². The van der Waals surface area contributed by atoms with E-state index >= 15 is 0 Å². The monoisotopic (exact) mass is 218 g/mol. The number of aliphatic hydroxyl groups excluding tert-OH is 1. The number of fused-ring (bicyclic) bond motifs is 1. The standard InChI is InChI=1S/C11H14N4O/c12-6-11(16)7-1-4-9-10(5-7)15(14-13-9)8-2-3-8/h1,4-5,8,11,16H,2-3,6,12H2. The summed E-state index contributed by atoms with van der Waals surface area (Å²) in [6, 6.07) is 6.17. The first-order valence-corrected chi connectivity index (χ1v) is 5.52. The second kappa shape index (κ2) is 3.54. The topological polar surface area (TPSA) is 77.0 Å². The van der Waals surface area contributed by atoms with Crippen LogP contribution in [0.5, 0.6) is 0 Å². The first kappa shape index (κ1) is 9.74. The van der Waals surface area contributed by atoms with Crippen LogP contribution in [0.1, 0.15) is 30.6 Å². The summed E-state index contributed by atoms with van der Waals surface area (Å²) in [5, 5.41) is 17.9. The smallest absolute Gasteiger partial charge is 0.113 e. The van der Waals surface area contributed by atoms with Gasteiger partial charge in [-0.25, -0.2) is 4.68 Å². The van der Waals surface area contributed by atoms with Gasteiger partial charge in [0.25, 0.3) is 0 Å². The van der Waals surface area contributed by atoms with Crippen LogP contribution < -0.4 is 5.73 Å². The number of aliphatic hydroxyl groups is 1. The van der Waals surface area contributed by atoms with E-state index < -0.39 is 6.10 Å². The van der Waals surface area contributed by atoms with Crippen LogP contribution in [-0.4, -0.2) is 26.6 Å². The van der Waals surface area contributed by atoms with Gasteiger partial charge in [-0.1, -0.05) is 11.3 Å². The second-order valence-corrected chi connectivity index (χ2v) is 4.26. The minimum atomic E-state index is -0.605. The summed E-state index contributed by atoms with van der Waals surface area (Å²) in [6.07, 6.45) is 1.73. The molecule has 84 valence electrons. The molecule has 1 aromatic carbocycles. The highest BCUT2D eigenvalue weighted by Crippen LogP contribution is 2.36. The van der Waals surface area contributed by atoms with Gasteiger partial charge in [0, 0.05) is 6.54 Å². The molecule has 5 nitrogen and oxygen atoms in total. The van der Waals surface area contributed by atoms with Crippen molar-refractivity contribution in [3.05, 3.63) is 23.8 Å². The molecule has 1 heterocycles.